The van der Waals surface area contributed by atoms with E-state index in [9.17, 15) is 0 Å². The third kappa shape index (κ3) is 3.48. The second-order valence-corrected chi connectivity index (χ2v) is 7.38. The quantitative estimate of drug-likeness (QED) is 0.826. The average Bonchev–Trinajstić information content (AvgIpc) is 2.68. The summed E-state index contributed by atoms with van der Waals surface area (Å²) < 4.78 is 0. The molecule has 1 saturated heterocycles. The summed E-state index contributed by atoms with van der Waals surface area (Å²) in [5.41, 5.74) is 0.589. The van der Waals surface area contributed by atoms with Gasteiger partial charge in [-0.2, -0.15) is 0 Å². The van der Waals surface area contributed by atoms with Gasteiger partial charge >= 0.3 is 0 Å². The van der Waals surface area contributed by atoms with Crippen LogP contribution in [0.5, 0.6) is 0 Å². The van der Waals surface area contributed by atoms with E-state index in [0.29, 0.717) is 5.41 Å². The van der Waals surface area contributed by atoms with Crippen LogP contribution in [0.2, 0.25) is 0 Å². The third-order valence-corrected chi connectivity index (χ3v) is 5.05. The summed E-state index contributed by atoms with van der Waals surface area (Å²) in [6, 6.07) is 1.63. The molecule has 2 heteroatoms. The summed E-state index contributed by atoms with van der Waals surface area (Å²) in [6.45, 7) is 13.4. The summed E-state index contributed by atoms with van der Waals surface area (Å²) in [6.07, 6.45) is 6.85. The van der Waals surface area contributed by atoms with Crippen molar-refractivity contribution in [1.29, 1.82) is 0 Å². The van der Waals surface area contributed by atoms with Crippen LogP contribution in [0, 0.1) is 11.3 Å². The molecule has 2 nitrogen and oxygen atoms in total. The van der Waals surface area contributed by atoms with Crippen LogP contribution < -0.4 is 5.32 Å². The van der Waals surface area contributed by atoms with Crippen molar-refractivity contribution in [2.24, 2.45) is 11.3 Å². The van der Waals surface area contributed by atoms with Crippen molar-refractivity contribution < 1.29 is 0 Å². The minimum absolute atomic E-state index is 0.589. The van der Waals surface area contributed by atoms with E-state index in [0.717, 1.165) is 18.0 Å². The standard InChI is InChI=1S/C16H32N2/c1-5-9-17-15-7-10-18(12-13(15)2)14-6-8-16(3,4)11-14/h13-15,17H,5-12H2,1-4H3. The van der Waals surface area contributed by atoms with Gasteiger partial charge in [0.15, 0.2) is 0 Å². The molecule has 1 N–H and O–H groups in total. The Kier molecular flexibility index (Phi) is 4.71. The first-order chi connectivity index (χ1) is 8.52. The molecule has 0 spiro atoms. The number of hydrogen-bond acceptors (Lipinski definition) is 2. The fourth-order valence-electron chi connectivity index (χ4n) is 3.85. The maximum absolute atomic E-state index is 3.72. The maximum atomic E-state index is 3.72. The van der Waals surface area contributed by atoms with Crippen molar-refractivity contribution in [2.75, 3.05) is 19.6 Å². The highest BCUT2D eigenvalue weighted by molar-refractivity contribution is 4.92. The van der Waals surface area contributed by atoms with Gasteiger partial charge in [-0.25, -0.2) is 0 Å². The topological polar surface area (TPSA) is 15.3 Å². The molecular weight excluding hydrogens is 220 g/mol. The summed E-state index contributed by atoms with van der Waals surface area (Å²) >= 11 is 0. The van der Waals surface area contributed by atoms with Crippen molar-refractivity contribution in [2.45, 2.75) is 71.9 Å². The normalized spacial score (nSPS) is 37.0. The first-order valence-corrected chi connectivity index (χ1v) is 7.99. The number of nitrogens with zero attached hydrogens (tertiary/aromatic N) is 1. The van der Waals surface area contributed by atoms with E-state index in [1.165, 1.54) is 51.7 Å². The second kappa shape index (κ2) is 5.92. The fourth-order valence-corrected chi connectivity index (χ4v) is 3.85. The van der Waals surface area contributed by atoms with Crippen LogP contribution in [0.1, 0.15) is 59.8 Å². The first kappa shape index (κ1) is 14.3. The van der Waals surface area contributed by atoms with E-state index < -0.39 is 0 Å². The molecule has 0 aromatic rings. The Morgan fingerprint density at radius 1 is 1.28 bits per heavy atom. The lowest BCUT2D eigenvalue weighted by atomic mass is 9.90. The Labute approximate surface area is 114 Å². The third-order valence-electron chi connectivity index (χ3n) is 5.05. The molecule has 0 amide bonds. The Bertz CT molecular complexity index is 262. The van der Waals surface area contributed by atoms with Crippen molar-refractivity contribution in [3.8, 4) is 0 Å². The first-order valence-electron chi connectivity index (χ1n) is 7.99. The van der Waals surface area contributed by atoms with Crippen molar-refractivity contribution in [3.05, 3.63) is 0 Å². The number of piperidine rings is 1. The van der Waals surface area contributed by atoms with E-state index in [1.807, 2.05) is 0 Å². The molecule has 2 aliphatic rings. The Balaban J connectivity index is 1.81. The maximum Gasteiger partial charge on any atom is 0.0117 e. The Morgan fingerprint density at radius 2 is 2.06 bits per heavy atom. The molecule has 1 aliphatic heterocycles. The van der Waals surface area contributed by atoms with Gasteiger partial charge in [0.25, 0.3) is 0 Å². The highest BCUT2D eigenvalue weighted by atomic mass is 15.2. The second-order valence-electron chi connectivity index (χ2n) is 7.38. The van der Waals surface area contributed by atoms with Gasteiger partial charge in [0.1, 0.15) is 0 Å². The highest BCUT2D eigenvalue weighted by Crippen LogP contribution is 2.40. The molecule has 1 heterocycles. The highest BCUT2D eigenvalue weighted by Gasteiger charge is 2.37. The van der Waals surface area contributed by atoms with Crippen molar-refractivity contribution in [3.63, 3.8) is 0 Å². The van der Waals surface area contributed by atoms with E-state index in [2.05, 4.69) is 37.9 Å². The van der Waals surface area contributed by atoms with Gasteiger partial charge in [-0.05, 0) is 56.5 Å². The molecule has 1 saturated carbocycles. The zero-order valence-corrected chi connectivity index (χ0v) is 12.8. The van der Waals surface area contributed by atoms with Gasteiger partial charge in [0.05, 0.1) is 0 Å². The number of rotatable bonds is 4. The molecular formula is C16H32N2. The van der Waals surface area contributed by atoms with Crippen LogP contribution in [-0.4, -0.2) is 36.6 Å². The van der Waals surface area contributed by atoms with Gasteiger partial charge in [0, 0.05) is 18.6 Å². The monoisotopic (exact) mass is 252 g/mol. The lowest BCUT2D eigenvalue weighted by molar-refractivity contribution is 0.101. The van der Waals surface area contributed by atoms with Gasteiger partial charge in [-0.15, -0.1) is 0 Å². The summed E-state index contributed by atoms with van der Waals surface area (Å²) in [5.74, 6) is 0.814. The van der Waals surface area contributed by atoms with Crippen LogP contribution in [-0.2, 0) is 0 Å². The van der Waals surface area contributed by atoms with Gasteiger partial charge < -0.3 is 5.32 Å². The molecule has 0 aromatic heterocycles. The van der Waals surface area contributed by atoms with Gasteiger partial charge in [-0.3, -0.25) is 4.90 Å². The smallest absolute Gasteiger partial charge is 0.0117 e. The van der Waals surface area contributed by atoms with Crippen molar-refractivity contribution in [1.82, 2.24) is 10.2 Å². The molecule has 3 atom stereocenters. The predicted octanol–water partition coefficient (Wildman–Crippen LogP) is 3.28. The number of nitrogens with one attached hydrogen (secondary N) is 1. The largest absolute Gasteiger partial charge is 0.314 e. The Hall–Kier alpha value is -0.0800. The summed E-state index contributed by atoms with van der Waals surface area (Å²) in [7, 11) is 0. The summed E-state index contributed by atoms with van der Waals surface area (Å²) in [4.78, 5) is 2.78. The molecule has 18 heavy (non-hydrogen) atoms. The summed E-state index contributed by atoms with van der Waals surface area (Å²) in [5, 5.41) is 3.72. The van der Waals surface area contributed by atoms with E-state index in [4.69, 9.17) is 0 Å². The minimum atomic E-state index is 0.589. The minimum Gasteiger partial charge on any atom is -0.314 e. The molecule has 1 aliphatic carbocycles. The van der Waals surface area contributed by atoms with Crippen molar-refractivity contribution >= 4 is 0 Å². The zero-order valence-electron chi connectivity index (χ0n) is 12.8. The fraction of sp³-hybridized carbons (Fsp3) is 1.00. The number of hydrogen-bond donors (Lipinski definition) is 1. The van der Waals surface area contributed by atoms with Crippen LogP contribution in [0.4, 0.5) is 0 Å². The molecule has 0 radical (unpaired) electrons. The SMILES string of the molecule is CCCNC1CCN(C2CCC(C)(C)C2)CC1C. The van der Waals surface area contributed by atoms with Gasteiger partial charge in [0.2, 0.25) is 0 Å². The molecule has 0 bridgehead atoms. The molecule has 106 valence electrons. The van der Waals surface area contributed by atoms with E-state index in [1.54, 1.807) is 0 Å². The van der Waals surface area contributed by atoms with E-state index >= 15 is 0 Å². The van der Waals surface area contributed by atoms with Crippen LogP contribution in [0.15, 0.2) is 0 Å². The lowest BCUT2D eigenvalue weighted by Crippen LogP contribution is -2.51. The molecule has 0 aromatic carbocycles. The van der Waals surface area contributed by atoms with Crippen LogP contribution in [0.25, 0.3) is 0 Å². The van der Waals surface area contributed by atoms with Crippen LogP contribution in [0.3, 0.4) is 0 Å². The van der Waals surface area contributed by atoms with Crippen LogP contribution >= 0.6 is 0 Å². The Morgan fingerprint density at radius 3 is 2.61 bits per heavy atom. The molecule has 2 fully saturated rings. The average molecular weight is 252 g/mol. The molecule has 3 unspecified atom stereocenters. The number of likely N-dealkylation sites (tertiary alicyclic amines) is 1. The van der Waals surface area contributed by atoms with Gasteiger partial charge in [-0.1, -0.05) is 27.7 Å². The molecule has 2 rings (SSSR count). The lowest BCUT2D eigenvalue weighted by Gasteiger charge is -2.41. The van der Waals surface area contributed by atoms with E-state index in [-0.39, 0.29) is 0 Å². The predicted molar refractivity (Wildman–Crippen MR) is 78.9 cm³/mol. The zero-order chi connectivity index (χ0) is 13.2.